The summed E-state index contributed by atoms with van der Waals surface area (Å²) in [6.45, 7) is 3.32. The summed E-state index contributed by atoms with van der Waals surface area (Å²) in [7, 11) is 0. The smallest absolute Gasteiger partial charge is 0.231 e. The lowest BCUT2D eigenvalue weighted by atomic mass is 10.2. The third-order valence-corrected chi connectivity index (χ3v) is 6.41. The summed E-state index contributed by atoms with van der Waals surface area (Å²) in [5, 5.41) is 3.74. The van der Waals surface area contributed by atoms with E-state index in [2.05, 4.69) is 40.1 Å². The minimum Gasteiger partial charge on any atom is -0.378 e. The molecule has 4 atom stereocenters. The molecule has 0 aromatic carbocycles. The number of hydrogen-bond acceptors (Lipinski definition) is 10. The van der Waals surface area contributed by atoms with Crippen molar-refractivity contribution in [1.82, 2.24) is 35.2 Å². The number of nitrogens with one attached hydrogen (secondary N) is 1. The van der Waals surface area contributed by atoms with E-state index in [1.54, 1.807) is 0 Å². The fourth-order valence-electron chi connectivity index (χ4n) is 4.21. The summed E-state index contributed by atoms with van der Waals surface area (Å²) in [6.07, 6.45) is 4.85. The number of hydrogen-bond donors (Lipinski definition) is 1. The molecular weight excluding hydrogens is 550 g/mol. The highest BCUT2D eigenvalue weighted by atomic mass is 35.5. The van der Waals surface area contributed by atoms with Gasteiger partial charge in [-0.25, -0.2) is 0 Å². The van der Waals surface area contributed by atoms with E-state index in [0.29, 0.717) is 30.1 Å². The lowest BCUT2D eigenvalue weighted by Gasteiger charge is -2.34. The van der Waals surface area contributed by atoms with Crippen LogP contribution in [0.2, 0.25) is 26.4 Å². The molecule has 0 radical (unpaired) electrons. The first-order valence-electron chi connectivity index (χ1n) is 10.4. The van der Waals surface area contributed by atoms with Gasteiger partial charge in [-0.15, -0.1) is 0 Å². The molecule has 34 heavy (non-hydrogen) atoms. The minimum absolute atomic E-state index is 0. The SMILES string of the molecule is C.C1CC2COCC1N2.Clc1nc(Cl)nc(Cl)n1.Clc1nc(Cl)nc(N2C3CCC2COC3)n1. The van der Waals surface area contributed by atoms with Crippen LogP contribution in [0.5, 0.6) is 0 Å². The lowest BCUT2D eigenvalue weighted by Crippen LogP contribution is -2.46. The first-order valence-corrected chi connectivity index (χ1v) is 12.3. The molecule has 4 fully saturated rings. The minimum atomic E-state index is 0. The fraction of sp³-hybridized carbons (Fsp3) is 0.684. The third-order valence-electron chi connectivity index (χ3n) is 5.57. The average Bonchev–Trinajstić information content (AvgIpc) is 3.21. The van der Waals surface area contributed by atoms with Crippen LogP contribution in [0.15, 0.2) is 0 Å². The van der Waals surface area contributed by atoms with Crippen LogP contribution in [0.3, 0.4) is 0 Å². The summed E-state index contributed by atoms with van der Waals surface area (Å²) < 4.78 is 10.8. The number of fused-ring (bicyclic) bond motifs is 4. The molecule has 0 saturated carbocycles. The molecule has 4 aliphatic heterocycles. The molecule has 15 heteroatoms. The summed E-state index contributed by atoms with van der Waals surface area (Å²) in [4.78, 5) is 24.5. The predicted molar refractivity (Wildman–Crippen MR) is 132 cm³/mol. The maximum Gasteiger partial charge on any atom is 0.231 e. The average molecular weight is 575 g/mol. The van der Waals surface area contributed by atoms with Gasteiger partial charge in [0.1, 0.15) is 0 Å². The Hall–Kier alpha value is -0.850. The molecular formula is C19H25Cl5N8O2. The summed E-state index contributed by atoms with van der Waals surface area (Å²) in [5.41, 5.74) is 0. The number of anilines is 1. The summed E-state index contributed by atoms with van der Waals surface area (Å²) in [6, 6.07) is 2.06. The van der Waals surface area contributed by atoms with Gasteiger partial charge in [0.2, 0.25) is 32.4 Å². The van der Waals surface area contributed by atoms with Crippen LogP contribution in [-0.2, 0) is 9.47 Å². The van der Waals surface area contributed by atoms with Crippen LogP contribution >= 0.6 is 58.0 Å². The second-order valence-corrected chi connectivity index (χ2v) is 9.51. The first-order chi connectivity index (χ1) is 15.9. The number of rotatable bonds is 1. The number of aromatic nitrogens is 6. The van der Waals surface area contributed by atoms with Crippen molar-refractivity contribution in [2.45, 2.75) is 57.3 Å². The third kappa shape index (κ3) is 7.57. The van der Waals surface area contributed by atoms with Crippen LogP contribution in [0, 0.1) is 0 Å². The van der Waals surface area contributed by atoms with Crippen molar-refractivity contribution >= 4 is 64.0 Å². The van der Waals surface area contributed by atoms with Crippen LogP contribution in [0.1, 0.15) is 33.1 Å². The van der Waals surface area contributed by atoms with E-state index in [1.807, 2.05) is 0 Å². The van der Waals surface area contributed by atoms with Crippen LogP contribution in [-0.4, -0.2) is 80.5 Å². The highest BCUT2D eigenvalue weighted by molar-refractivity contribution is 6.33. The maximum absolute atomic E-state index is 5.78. The quantitative estimate of drug-likeness (QED) is 0.533. The number of ether oxygens (including phenoxy) is 2. The molecule has 10 nitrogen and oxygen atoms in total. The molecule has 4 saturated heterocycles. The van der Waals surface area contributed by atoms with Gasteiger partial charge in [-0.2, -0.15) is 29.9 Å². The summed E-state index contributed by atoms with van der Waals surface area (Å²) >= 11 is 27.5. The van der Waals surface area contributed by atoms with Gasteiger partial charge in [-0.1, -0.05) is 7.43 Å². The Morgan fingerprint density at radius 1 is 0.588 bits per heavy atom. The van der Waals surface area contributed by atoms with Crippen molar-refractivity contribution in [3.8, 4) is 0 Å². The van der Waals surface area contributed by atoms with Crippen molar-refractivity contribution in [2.75, 3.05) is 31.3 Å². The molecule has 2 aromatic heterocycles. The van der Waals surface area contributed by atoms with E-state index in [0.717, 1.165) is 39.3 Å². The largest absolute Gasteiger partial charge is 0.378 e. The van der Waals surface area contributed by atoms with Gasteiger partial charge in [-0.05, 0) is 83.7 Å². The zero-order chi connectivity index (χ0) is 23.4. The van der Waals surface area contributed by atoms with E-state index >= 15 is 0 Å². The van der Waals surface area contributed by atoms with Crippen molar-refractivity contribution in [3.63, 3.8) is 0 Å². The molecule has 6 rings (SSSR count). The molecule has 188 valence electrons. The lowest BCUT2D eigenvalue weighted by molar-refractivity contribution is 0.0728. The van der Waals surface area contributed by atoms with E-state index in [-0.39, 0.29) is 33.8 Å². The summed E-state index contributed by atoms with van der Waals surface area (Å²) in [5.74, 6) is 0.570. The molecule has 4 bridgehead atoms. The van der Waals surface area contributed by atoms with Gasteiger partial charge in [-0.3, -0.25) is 0 Å². The highest BCUT2D eigenvalue weighted by Crippen LogP contribution is 2.32. The van der Waals surface area contributed by atoms with E-state index in [1.165, 1.54) is 12.8 Å². The number of halogens is 5. The molecule has 6 heterocycles. The first kappa shape index (κ1) is 27.7. The van der Waals surface area contributed by atoms with Crippen molar-refractivity contribution in [3.05, 3.63) is 26.4 Å². The van der Waals surface area contributed by atoms with Gasteiger partial charge in [0, 0.05) is 12.1 Å². The molecule has 2 aromatic rings. The Balaban J connectivity index is 0.000000154. The van der Waals surface area contributed by atoms with E-state index < -0.39 is 0 Å². The standard InChI is InChI=1S/C9H10Cl2N4O.C6H11NO.C3Cl3N3.CH4/c10-7-12-8(11)14-9(13-7)15-5-1-2-6(15)4-16-3-5;1-2-6-4-8-3-5(1)7-6;4-1-7-2(5)9-3(6)8-1;/h5-6H,1-4H2;5-7H,1-4H2;;1H4. The molecule has 4 unspecified atom stereocenters. The number of morpholine rings is 2. The molecule has 4 aliphatic rings. The normalized spacial score (nSPS) is 26.6. The van der Waals surface area contributed by atoms with Crippen LogP contribution in [0.25, 0.3) is 0 Å². The van der Waals surface area contributed by atoms with Crippen molar-refractivity contribution < 1.29 is 9.47 Å². The second-order valence-electron chi connectivity index (χ2n) is 7.82. The van der Waals surface area contributed by atoms with Crippen LogP contribution < -0.4 is 10.2 Å². The van der Waals surface area contributed by atoms with Gasteiger partial charge in [0.05, 0.1) is 38.5 Å². The van der Waals surface area contributed by atoms with Gasteiger partial charge in [0.15, 0.2) is 0 Å². The molecule has 0 amide bonds. The van der Waals surface area contributed by atoms with Gasteiger partial charge in [0.25, 0.3) is 0 Å². The molecule has 1 N–H and O–H groups in total. The second kappa shape index (κ2) is 12.9. The predicted octanol–water partition coefficient (Wildman–Crippen LogP) is 4.15. The Morgan fingerprint density at radius 2 is 0.971 bits per heavy atom. The highest BCUT2D eigenvalue weighted by Gasteiger charge is 2.39. The Morgan fingerprint density at radius 3 is 1.38 bits per heavy atom. The zero-order valence-corrected chi connectivity index (χ0v) is 21.1. The van der Waals surface area contributed by atoms with Gasteiger partial charge >= 0.3 is 0 Å². The fourth-order valence-corrected chi connectivity index (χ4v) is 5.17. The van der Waals surface area contributed by atoms with Crippen molar-refractivity contribution in [2.24, 2.45) is 0 Å². The molecule has 0 aliphatic carbocycles. The Kier molecular flexibility index (Phi) is 10.5. The Labute approximate surface area is 223 Å². The van der Waals surface area contributed by atoms with Crippen LogP contribution in [0.4, 0.5) is 5.95 Å². The monoisotopic (exact) mass is 572 g/mol. The maximum atomic E-state index is 5.78. The number of nitrogens with zero attached hydrogens (tertiary/aromatic N) is 7. The van der Waals surface area contributed by atoms with E-state index in [9.17, 15) is 0 Å². The molecule has 0 spiro atoms. The zero-order valence-electron chi connectivity index (χ0n) is 17.3. The van der Waals surface area contributed by atoms with Gasteiger partial charge < -0.3 is 19.7 Å². The van der Waals surface area contributed by atoms with Crippen molar-refractivity contribution in [1.29, 1.82) is 0 Å². The topological polar surface area (TPSA) is 111 Å². The Bertz CT molecular complexity index is 860. The van der Waals surface area contributed by atoms with E-state index in [4.69, 9.17) is 67.5 Å².